The standard InChI is InChI=1S/C19H19N5O3S2/c1-4-9-23-18(16-10-28-13(3)12(16)2)21-22-19(23)29-11-17(25)20-14-5-7-15(8-6-14)24(26)27/h4-8,10H,1,9,11H2,2-3H3,(H,20,25). The van der Waals surface area contributed by atoms with Crippen molar-refractivity contribution in [2.24, 2.45) is 0 Å². The Hall–Kier alpha value is -2.98. The SMILES string of the molecule is C=CCn1c(SCC(=O)Nc2ccc([N+](=O)[O-])cc2)nnc1-c1csc(C)c1C. The molecule has 0 saturated carbocycles. The molecule has 0 fully saturated rings. The van der Waals surface area contributed by atoms with Crippen molar-refractivity contribution in [2.45, 2.75) is 25.5 Å². The molecule has 0 radical (unpaired) electrons. The van der Waals surface area contributed by atoms with E-state index in [9.17, 15) is 14.9 Å². The molecule has 0 aliphatic carbocycles. The number of nitro groups is 1. The molecule has 0 unspecified atom stereocenters. The molecule has 3 rings (SSSR count). The normalized spacial score (nSPS) is 10.7. The van der Waals surface area contributed by atoms with Crippen molar-refractivity contribution >= 4 is 40.4 Å². The van der Waals surface area contributed by atoms with Gasteiger partial charge in [-0.15, -0.1) is 28.1 Å². The van der Waals surface area contributed by atoms with Gasteiger partial charge in [0.25, 0.3) is 5.69 Å². The van der Waals surface area contributed by atoms with Gasteiger partial charge in [0.2, 0.25) is 5.91 Å². The molecule has 8 nitrogen and oxygen atoms in total. The summed E-state index contributed by atoms with van der Waals surface area (Å²) in [6.07, 6.45) is 1.77. The van der Waals surface area contributed by atoms with Gasteiger partial charge in [0, 0.05) is 40.2 Å². The number of nitro benzene ring substituents is 1. The predicted molar refractivity (Wildman–Crippen MR) is 115 cm³/mol. The minimum atomic E-state index is -0.484. The fourth-order valence-corrected chi connectivity index (χ4v) is 4.23. The second-order valence-corrected chi connectivity index (χ2v) is 8.20. The number of hydrogen-bond donors (Lipinski definition) is 1. The Morgan fingerprint density at radius 2 is 2.07 bits per heavy atom. The van der Waals surface area contributed by atoms with Crippen molar-refractivity contribution in [1.29, 1.82) is 0 Å². The van der Waals surface area contributed by atoms with Crippen molar-refractivity contribution in [3.05, 3.63) is 62.9 Å². The van der Waals surface area contributed by atoms with Crippen molar-refractivity contribution in [3.8, 4) is 11.4 Å². The number of non-ortho nitro benzene ring substituents is 1. The van der Waals surface area contributed by atoms with Crippen LogP contribution in [0.4, 0.5) is 11.4 Å². The number of amides is 1. The lowest BCUT2D eigenvalue weighted by atomic mass is 10.1. The fraction of sp³-hybridized carbons (Fsp3) is 0.211. The Morgan fingerprint density at radius 1 is 1.34 bits per heavy atom. The largest absolute Gasteiger partial charge is 0.325 e. The number of nitrogens with zero attached hydrogens (tertiary/aromatic N) is 4. The summed E-state index contributed by atoms with van der Waals surface area (Å²) in [6.45, 7) is 8.45. The number of benzene rings is 1. The number of nitrogens with one attached hydrogen (secondary N) is 1. The topological polar surface area (TPSA) is 103 Å². The predicted octanol–water partition coefficient (Wildman–Crippen LogP) is 4.45. The second kappa shape index (κ2) is 9.01. The average molecular weight is 430 g/mol. The molecule has 3 aromatic rings. The van der Waals surface area contributed by atoms with Crippen molar-refractivity contribution in [2.75, 3.05) is 11.1 Å². The van der Waals surface area contributed by atoms with Gasteiger partial charge in [-0.2, -0.15) is 0 Å². The van der Waals surface area contributed by atoms with Gasteiger partial charge in [0.1, 0.15) is 0 Å². The lowest BCUT2D eigenvalue weighted by molar-refractivity contribution is -0.384. The monoisotopic (exact) mass is 429 g/mol. The van der Waals surface area contributed by atoms with Gasteiger partial charge in [0.05, 0.1) is 10.7 Å². The molecule has 0 spiro atoms. The molecule has 150 valence electrons. The molecular formula is C19H19N5O3S2. The van der Waals surface area contributed by atoms with Crippen LogP contribution in [0.5, 0.6) is 0 Å². The molecule has 1 N–H and O–H groups in total. The van der Waals surface area contributed by atoms with E-state index in [1.165, 1.54) is 46.5 Å². The van der Waals surface area contributed by atoms with Crippen LogP contribution in [0.25, 0.3) is 11.4 Å². The van der Waals surface area contributed by atoms with Gasteiger partial charge in [0.15, 0.2) is 11.0 Å². The van der Waals surface area contributed by atoms with Gasteiger partial charge in [-0.1, -0.05) is 17.8 Å². The summed E-state index contributed by atoms with van der Waals surface area (Å²) in [4.78, 5) is 23.7. The molecule has 2 heterocycles. The molecule has 10 heteroatoms. The Morgan fingerprint density at radius 3 is 2.66 bits per heavy atom. The van der Waals surface area contributed by atoms with Crippen LogP contribution in [-0.4, -0.2) is 31.3 Å². The van der Waals surface area contributed by atoms with Crippen molar-refractivity contribution in [3.63, 3.8) is 0 Å². The van der Waals surface area contributed by atoms with E-state index in [2.05, 4.69) is 41.3 Å². The summed E-state index contributed by atoms with van der Waals surface area (Å²) < 4.78 is 1.94. The Labute approximate surface area is 175 Å². The smallest absolute Gasteiger partial charge is 0.269 e. The molecule has 0 aliphatic heterocycles. The third kappa shape index (κ3) is 4.72. The van der Waals surface area contributed by atoms with Crippen LogP contribution < -0.4 is 5.32 Å². The number of allylic oxidation sites excluding steroid dienone is 1. The molecule has 1 amide bonds. The number of anilines is 1. The summed E-state index contributed by atoms with van der Waals surface area (Å²) >= 11 is 2.94. The maximum atomic E-state index is 12.3. The van der Waals surface area contributed by atoms with E-state index >= 15 is 0 Å². The molecule has 1 aromatic carbocycles. The Bertz CT molecular complexity index is 1060. The van der Waals surface area contributed by atoms with Crippen LogP contribution in [0, 0.1) is 24.0 Å². The van der Waals surface area contributed by atoms with E-state index in [-0.39, 0.29) is 17.3 Å². The fourth-order valence-electron chi connectivity index (χ4n) is 2.62. The first-order valence-electron chi connectivity index (χ1n) is 8.67. The first-order chi connectivity index (χ1) is 13.9. The van der Waals surface area contributed by atoms with Crippen molar-refractivity contribution < 1.29 is 9.72 Å². The second-order valence-electron chi connectivity index (χ2n) is 6.18. The van der Waals surface area contributed by atoms with E-state index in [1.807, 2.05) is 4.57 Å². The van der Waals surface area contributed by atoms with Crippen LogP contribution >= 0.6 is 23.1 Å². The van der Waals surface area contributed by atoms with E-state index in [4.69, 9.17) is 0 Å². The highest BCUT2D eigenvalue weighted by atomic mass is 32.2. The maximum absolute atomic E-state index is 12.3. The third-order valence-corrected chi connectivity index (χ3v) is 6.23. The van der Waals surface area contributed by atoms with Gasteiger partial charge < -0.3 is 5.32 Å². The number of rotatable bonds is 8. The highest BCUT2D eigenvalue weighted by molar-refractivity contribution is 7.99. The van der Waals surface area contributed by atoms with Crippen molar-refractivity contribution in [1.82, 2.24) is 14.8 Å². The minimum absolute atomic E-state index is 0.0265. The van der Waals surface area contributed by atoms with Crippen LogP contribution in [0.15, 0.2) is 47.5 Å². The lowest BCUT2D eigenvalue weighted by Gasteiger charge is -2.08. The first kappa shape index (κ1) is 20.7. The molecule has 0 atom stereocenters. The summed E-state index contributed by atoms with van der Waals surface area (Å²) in [5.41, 5.74) is 2.67. The highest BCUT2D eigenvalue weighted by Gasteiger charge is 2.18. The number of carbonyl (C=O) groups excluding carboxylic acids is 1. The highest BCUT2D eigenvalue weighted by Crippen LogP contribution is 2.31. The summed E-state index contributed by atoms with van der Waals surface area (Å²) in [6, 6.07) is 5.70. The molecule has 0 bridgehead atoms. The molecule has 0 saturated heterocycles. The summed E-state index contributed by atoms with van der Waals surface area (Å²) in [7, 11) is 0. The van der Waals surface area contributed by atoms with Crippen LogP contribution in [-0.2, 0) is 11.3 Å². The number of thioether (sulfide) groups is 1. The Balaban J connectivity index is 1.70. The maximum Gasteiger partial charge on any atom is 0.269 e. The summed E-state index contributed by atoms with van der Waals surface area (Å²) in [5, 5.41) is 24.7. The first-order valence-corrected chi connectivity index (χ1v) is 10.5. The van der Waals surface area contributed by atoms with Gasteiger partial charge in [-0.25, -0.2) is 0 Å². The number of hydrogen-bond acceptors (Lipinski definition) is 7. The Kier molecular flexibility index (Phi) is 6.45. The van der Waals surface area contributed by atoms with Gasteiger partial charge in [-0.3, -0.25) is 19.5 Å². The molecule has 2 aromatic heterocycles. The third-order valence-electron chi connectivity index (χ3n) is 4.25. The number of thiophene rings is 1. The quantitative estimate of drug-likeness (QED) is 0.246. The lowest BCUT2D eigenvalue weighted by Crippen LogP contribution is -2.14. The number of aryl methyl sites for hydroxylation is 1. The number of carbonyl (C=O) groups is 1. The number of aromatic nitrogens is 3. The van der Waals surface area contributed by atoms with Crippen LogP contribution in [0.2, 0.25) is 0 Å². The van der Waals surface area contributed by atoms with Crippen LogP contribution in [0.3, 0.4) is 0 Å². The van der Waals surface area contributed by atoms with E-state index in [0.29, 0.717) is 17.4 Å². The molecular weight excluding hydrogens is 410 g/mol. The zero-order valence-corrected chi connectivity index (χ0v) is 17.5. The average Bonchev–Trinajstić information content (AvgIpc) is 3.24. The van der Waals surface area contributed by atoms with Gasteiger partial charge >= 0.3 is 0 Å². The van der Waals surface area contributed by atoms with E-state index in [1.54, 1.807) is 17.4 Å². The van der Waals surface area contributed by atoms with Gasteiger partial charge in [-0.05, 0) is 31.5 Å². The zero-order valence-electron chi connectivity index (χ0n) is 15.9. The summed E-state index contributed by atoms with van der Waals surface area (Å²) in [5.74, 6) is 0.652. The zero-order chi connectivity index (χ0) is 21.0. The van der Waals surface area contributed by atoms with E-state index < -0.39 is 4.92 Å². The van der Waals surface area contributed by atoms with E-state index in [0.717, 1.165) is 11.4 Å². The molecule has 0 aliphatic rings. The molecule has 29 heavy (non-hydrogen) atoms. The minimum Gasteiger partial charge on any atom is -0.325 e. The van der Waals surface area contributed by atoms with Crippen LogP contribution in [0.1, 0.15) is 10.4 Å².